The lowest BCUT2D eigenvalue weighted by atomic mass is 9.79. The number of hydrogen-bond acceptors (Lipinski definition) is 2. The molecule has 0 saturated carbocycles. The minimum atomic E-state index is -4.47. The van der Waals surface area contributed by atoms with Gasteiger partial charge in [-0.15, -0.1) is 0 Å². The molecule has 2 bridgehead atoms. The lowest BCUT2D eigenvalue weighted by Crippen LogP contribution is -2.42. The summed E-state index contributed by atoms with van der Waals surface area (Å²) in [5, 5.41) is 8.69. The maximum atomic E-state index is 12.5. The van der Waals surface area contributed by atoms with Crippen molar-refractivity contribution >= 4 is 5.97 Å². The second-order valence-corrected chi connectivity index (χ2v) is 3.72. The Bertz CT molecular complexity index is 263. The van der Waals surface area contributed by atoms with E-state index in [0.717, 1.165) is 0 Å². The Morgan fingerprint density at radius 3 is 2.29 bits per heavy atom. The summed E-state index contributed by atoms with van der Waals surface area (Å²) in [5.41, 5.74) is 0. The van der Waals surface area contributed by atoms with Crippen LogP contribution in [0.25, 0.3) is 0 Å². The average molecular weight is 210 g/mol. The van der Waals surface area contributed by atoms with Crippen molar-refractivity contribution in [2.24, 2.45) is 11.8 Å². The number of halogens is 3. The fraction of sp³-hybridized carbons (Fsp3) is 0.875. The minimum Gasteiger partial charge on any atom is -0.481 e. The van der Waals surface area contributed by atoms with Gasteiger partial charge in [-0.05, 0) is 12.8 Å². The molecular weight excluding hydrogens is 201 g/mol. The Hall–Kier alpha value is -0.780. The van der Waals surface area contributed by atoms with Crippen LogP contribution in [-0.4, -0.2) is 29.5 Å². The molecule has 2 fully saturated rings. The summed E-state index contributed by atoms with van der Waals surface area (Å²) in [7, 11) is 0. The van der Waals surface area contributed by atoms with E-state index in [0.29, 0.717) is 12.8 Å². The first-order chi connectivity index (χ1) is 6.41. The Balaban J connectivity index is 2.26. The van der Waals surface area contributed by atoms with Crippen LogP contribution in [0.2, 0.25) is 0 Å². The van der Waals surface area contributed by atoms with Gasteiger partial charge >= 0.3 is 12.1 Å². The monoisotopic (exact) mass is 210 g/mol. The molecule has 0 aromatic carbocycles. The predicted molar refractivity (Wildman–Crippen MR) is 38.6 cm³/mol. The first kappa shape index (κ1) is 9.76. The molecule has 2 aliphatic rings. The van der Waals surface area contributed by atoms with E-state index >= 15 is 0 Å². The van der Waals surface area contributed by atoms with Crippen LogP contribution in [-0.2, 0) is 9.53 Å². The largest absolute Gasteiger partial charge is 0.481 e. The number of alkyl halides is 3. The zero-order chi connectivity index (χ0) is 10.5. The van der Waals surface area contributed by atoms with Gasteiger partial charge in [0, 0.05) is 0 Å². The average Bonchev–Trinajstić information content (AvgIpc) is 2.58. The Morgan fingerprint density at radius 2 is 1.86 bits per heavy atom. The number of carboxylic acid groups (broad SMARTS) is 1. The van der Waals surface area contributed by atoms with E-state index < -0.39 is 36.2 Å². The van der Waals surface area contributed by atoms with Crippen molar-refractivity contribution in [3.05, 3.63) is 0 Å². The van der Waals surface area contributed by atoms with Crippen molar-refractivity contribution < 1.29 is 27.8 Å². The summed E-state index contributed by atoms with van der Waals surface area (Å²) in [6, 6.07) is 0. The van der Waals surface area contributed by atoms with Crippen LogP contribution >= 0.6 is 0 Å². The normalized spacial score (nSPS) is 41.6. The quantitative estimate of drug-likeness (QED) is 0.712. The maximum absolute atomic E-state index is 12.5. The smallest absolute Gasteiger partial charge is 0.395 e. The Morgan fingerprint density at radius 1 is 1.29 bits per heavy atom. The zero-order valence-electron chi connectivity index (χ0n) is 7.12. The van der Waals surface area contributed by atoms with Crippen molar-refractivity contribution in [2.75, 3.05) is 0 Å². The number of ether oxygens (including phenoxy) is 1. The first-order valence-corrected chi connectivity index (χ1v) is 4.36. The second kappa shape index (κ2) is 2.85. The highest BCUT2D eigenvalue weighted by Crippen LogP contribution is 2.50. The second-order valence-electron chi connectivity index (χ2n) is 3.72. The molecule has 0 amide bonds. The van der Waals surface area contributed by atoms with E-state index in [1.165, 1.54) is 0 Å². The van der Waals surface area contributed by atoms with Crippen molar-refractivity contribution in [3.63, 3.8) is 0 Å². The molecule has 2 saturated heterocycles. The topological polar surface area (TPSA) is 46.5 Å². The first-order valence-electron chi connectivity index (χ1n) is 4.36. The molecular formula is C8H9F3O3. The molecule has 0 radical (unpaired) electrons. The molecule has 0 aromatic rings. The summed E-state index contributed by atoms with van der Waals surface area (Å²) in [6.45, 7) is 0. The summed E-state index contributed by atoms with van der Waals surface area (Å²) < 4.78 is 42.4. The summed E-state index contributed by atoms with van der Waals surface area (Å²) in [5.74, 6) is -4.63. The number of carboxylic acids is 1. The zero-order valence-corrected chi connectivity index (χ0v) is 7.12. The fourth-order valence-corrected chi connectivity index (χ4v) is 2.41. The Labute approximate surface area is 77.8 Å². The molecule has 2 aliphatic heterocycles. The molecule has 0 unspecified atom stereocenters. The minimum absolute atomic E-state index is 0.318. The third-order valence-corrected chi connectivity index (χ3v) is 2.94. The van der Waals surface area contributed by atoms with Crippen molar-refractivity contribution in [2.45, 2.75) is 31.2 Å². The van der Waals surface area contributed by atoms with Crippen LogP contribution in [0.15, 0.2) is 0 Å². The van der Waals surface area contributed by atoms with Gasteiger partial charge < -0.3 is 9.84 Å². The van der Waals surface area contributed by atoms with Crippen LogP contribution in [0.3, 0.4) is 0 Å². The molecule has 2 heterocycles. The van der Waals surface area contributed by atoms with Gasteiger partial charge in [0.2, 0.25) is 0 Å². The van der Waals surface area contributed by atoms with Gasteiger partial charge in [-0.25, -0.2) is 0 Å². The van der Waals surface area contributed by atoms with Crippen LogP contribution in [0, 0.1) is 11.8 Å². The highest BCUT2D eigenvalue weighted by Gasteiger charge is 2.62. The van der Waals surface area contributed by atoms with Crippen molar-refractivity contribution in [1.29, 1.82) is 0 Å². The number of fused-ring (bicyclic) bond motifs is 2. The number of aliphatic carboxylic acids is 1. The summed E-state index contributed by atoms with van der Waals surface area (Å²) in [4.78, 5) is 10.7. The van der Waals surface area contributed by atoms with Crippen molar-refractivity contribution in [3.8, 4) is 0 Å². The lowest BCUT2D eigenvalue weighted by molar-refractivity contribution is -0.201. The van der Waals surface area contributed by atoms with Gasteiger partial charge in [-0.3, -0.25) is 4.79 Å². The predicted octanol–water partition coefficient (Wildman–Crippen LogP) is 1.43. The van der Waals surface area contributed by atoms with Crippen LogP contribution in [0.1, 0.15) is 12.8 Å². The van der Waals surface area contributed by atoms with Crippen LogP contribution in [0.5, 0.6) is 0 Å². The SMILES string of the molecule is O=C(O)[C@H]1[C@H](C(F)(F)F)[C@@H]2CC[C@H]1O2. The summed E-state index contributed by atoms with van der Waals surface area (Å²) >= 11 is 0. The fourth-order valence-electron chi connectivity index (χ4n) is 2.41. The highest BCUT2D eigenvalue weighted by molar-refractivity contribution is 5.72. The summed E-state index contributed by atoms with van der Waals surface area (Å²) in [6.07, 6.45) is -5.42. The van der Waals surface area contributed by atoms with Gasteiger partial charge in [-0.1, -0.05) is 0 Å². The molecule has 0 aliphatic carbocycles. The van der Waals surface area contributed by atoms with E-state index in [2.05, 4.69) is 0 Å². The van der Waals surface area contributed by atoms with E-state index in [1.54, 1.807) is 0 Å². The van der Waals surface area contributed by atoms with Gasteiger partial charge in [0.05, 0.1) is 24.0 Å². The molecule has 14 heavy (non-hydrogen) atoms. The van der Waals surface area contributed by atoms with E-state index in [1.807, 2.05) is 0 Å². The van der Waals surface area contributed by atoms with E-state index in [4.69, 9.17) is 9.84 Å². The molecule has 2 rings (SSSR count). The third kappa shape index (κ3) is 1.28. The Kier molecular flexibility index (Phi) is 1.99. The van der Waals surface area contributed by atoms with Crippen LogP contribution < -0.4 is 0 Å². The number of rotatable bonds is 1. The molecule has 1 N–H and O–H groups in total. The highest BCUT2D eigenvalue weighted by atomic mass is 19.4. The van der Waals surface area contributed by atoms with Crippen LogP contribution in [0.4, 0.5) is 13.2 Å². The molecule has 6 heteroatoms. The van der Waals surface area contributed by atoms with Gasteiger partial charge in [0.1, 0.15) is 0 Å². The number of carbonyl (C=O) groups is 1. The maximum Gasteiger partial charge on any atom is 0.395 e. The lowest BCUT2D eigenvalue weighted by Gasteiger charge is -2.26. The standard InChI is InChI=1S/C8H9F3O3/c9-8(10,11)6-4-2-1-3(14-4)5(6)7(12)13/h3-6H,1-2H2,(H,12,13)/t3-,4+,5-,6-/m1/s1. The molecule has 3 nitrogen and oxygen atoms in total. The molecule has 80 valence electrons. The number of hydrogen-bond donors (Lipinski definition) is 1. The van der Waals surface area contributed by atoms with Gasteiger partial charge in [-0.2, -0.15) is 13.2 Å². The van der Waals surface area contributed by atoms with Gasteiger partial charge in [0.25, 0.3) is 0 Å². The van der Waals surface area contributed by atoms with E-state index in [-0.39, 0.29) is 0 Å². The van der Waals surface area contributed by atoms with Gasteiger partial charge in [0.15, 0.2) is 0 Å². The van der Waals surface area contributed by atoms with Crippen molar-refractivity contribution in [1.82, 2.24) is 0 Å². The molecule has 0 aromatic heterocycles. The third-order valence-electron chi connectivity index (χ3n) is 2.94. The van der Waals surface area contributed by atoms with E-state index in [9.17, 15) is 18.0 Å². The molecule has 4 atom stereocenters. The molecule has 0 spiro atoms.